The molecule has 4 rings (SSSR count). The number of nitro benzene ring substituents is 1. The number of para-hydroxylation sites is 1. The monoisotopic (exact) mass is 543 g/mol. The summed E-state index contributed by atoms with van der Waals surface area (Å²) in [5.41, 5.74) is 1.45. The van der Waals surface area contributed by atoms with E-state index in [9.17, 15) is 23.3 Å². The third kappa shape index (κ3) is 5.01. The second kappa shape index (κ2) is 10.0. The molecule has 34 heavy (non-hydrogen) atoms. The van der Waals surface area contributed by atoms with Crippen LogP contribution in [-0.4, -0.2) is 63.5 Å². The Hall–Kier alpha value is -3.14. The van der Waals surface area contributed by atoms with Gasteiger partial charge in [0, 0.05) is 0 Å². The third-order valence-electron chi connectivity index (χ3n) is 5.50. The van der Waals surface area contributed by atoms with Crippen LogP contribution in [0.5, 0.6) is 0 Å². The van der Waals surface area contributed by atoms with Crippen LogP contribution in [0.2, 0.25) is 0 Å². The number of hydrogen-bond donors (Lipinski definition) is 1. The van der Waals surface area contributed by atoms with Crippen molar-refractivity contribution in [2.75, 3.05) is 13.1 Å². The molecule has 0 spiro atoms. The Morgan fingerprint density at radius 3 is 2.47 bits per heavy atom. The normalized spacial score (nSPS) is 14.1. The van der Waals surface area contributed by atoms with Crippen LogP contribution in [0.25, 0.3) is 11.3 Å². The van der Waals surface area contributed by atoms with Crippen molar-refractivity contribution in [3.05, 3.63) is 76.1 Å². The molecule has 3 aromatic rings. The zero-order valence-electron chi connectivity index (χ0n) is 18.0. The average molecular weight is 543 g/mol. The predicted octanol–water partition coefficient (Wildman–Crippen LogP) is 1.02. The minimum absolute atomic E-state index is 0.0304. The fraction of sp³-hybridized carbons (Fsp3) is 0.227. The van der Waals surface area contributed by atoms with Crippen molar-refractivity contribution >= 4 is 43.0 Å². The van der Waals surface area contributed by atoms with Gasteiger partial charge in [0.2, 0.25) is 0 Å². The first-order valence-electron chi connectivity index (χ1n) is 10.5. The van der Waals surface area contributed by atoms with E-state index in [4.69, 9.17) is 0 Å². The Labute approximate surface area is 205 Å². The van der Waals surface area contributed by atoms with E-state index < -0.39 is 20.9 Å². The van der Waals surface area contributed by atoms with Gasteiger partial charge in [0.1, 0.15) is 0 Å². The number of benzene rings is 2. The molecule has 176 valence electrons. The first kappa shape index (κ1) is 24.0. The van der Waals surface area contributed by atoms with Crippen molar-refractivity contribution in [3.63, 3.8) is 0 Å². The molecular weight excluding hydrogens is 521 g/mol. The number of hydrogen-bond acceptors (Lipinski definition) is 7. The second-order valence-corrected chi connectivity index (χ2v) is 10.8. The molecule has 1 saturated heterocycles. The van der Waals surface area contributed by atoms with Gasteiger partial charge in [-0.1, -0.05) is 0 Å². The van der Waals surface area contributed by atoms with Crippen molar-refractivity contribution in [3.8, 4) is 11.3 Å². The van der Waals surface area contributed by atoms with Gasteiger partial charge in [0.15, 0.2) is 0 Å². The summed E-state index contributed by atoms with van der Waals surface area (Å²) in [6, 6.07) is 12.5. The summed E-state index contributed by atoms with van der Waals surface area (Å²) in [5.74, 6) is -0.500. The second-order valence-electron chi connectivity index (χ2n) is 7.69. The number of carbonyl (C=O) groups excluding carboxylic acids is 1. The van der Waals surface area contributed by atoms with Crippen LogP contribution in [0.3, 0.4) is 0 Å². The van der Waals surface area contributed by atoms with Gasteiger partial charge in [0.05, 0.1) is 0 Å². The van der Waals surface area contributed by atoms with Crippen LogP contribution in [0.4, 0.5) is 5.69 Å². The van der Waals surface area contributed by atoms with Crippen LogP contribution in [-0.2, 0) is 16.6 Å². The van der Waals surface area contributed by atoms with E-state index in [0.717, 1.165) is 29.7 Å². The van der Waals surface area contributed by atoms with Crippen molar-refractivity contribution in [2.45, 2.75) is 24.3 Å². The standard InChI is InChI=1S/C22H22AsN5O5S/c23-21-20(22(29)25-13-16-5-1-2-6-19(16)28(30)31)26-18(14-24-21)15-7-9-17(10-8-15)34(32,33)27-11-3-4-12-27/h1-2,5-10,14H,3-4,11-13,23H2,(H,25,29). The van der Waals surface area contributed by atoms with Gasteiger partial charge in [-0.05, 0) is 0 Å². The SMILES string of the molecule is O=C(NCc1ccccc1[N+](=O)[O-])c1nc(-c2ccc(S(=O)(=O)N3CCCC3)cc2)cnc1[AsH2]. The first-order valence-corrected chi connectivity index (χ1v) is 13.2. The molecule has 1 aliphatic rings. The van der Waals surface area contributed by atoms with Gasteiger partial charge < -0.3 is 0 Å². The zero-order chi connectivity index (χ0) is 24.3. The summed E-state index contributed by atoms with van der Waals surface area (Å²) in [5, 5.41) is 13.9. The molecule has 1 unspecified atom stereocenters. The number of amides is 1. The van der Waals surface area contributed by atoms with Crippen molar-refractivity contribution < 1.29 is 18.1 Å². The minimum atomic E-state index is -3.52. The molecule has 2 aromatic carbocycles. The Balaban J connectivity index is 1.53. The van der Waals surface area contributed by atoms with E-state index in [1.54, 1.807) is 30.3 Å². The Bertz CT molecular complexity index is 1340. The number of carbonyl (C=O) groups is 1. The first-order chi connectivity index (χ1) is 16.3. The molecule has 1 aromatic heterocycles. The van der Waals surface area contributed by atoms with Crippen molar-refractivity contribution in [1.29, 1.82) is 0 Å². The van der Waals surface area contributed by atoms with E-state index in [1.807, 2.05) is 0 Å². The molecule has 2 heterocycles. The van der Waals surface area contributed by atoms with E-state index >= 15 is 0 Å². The molecule has 0 saturated carbocycles. The van der Waals surface area contributed by atoms with E-state index in [-0.39, 0.29) is 22.8 Å². The van der Waals surface area contributed by atoms with Gasteiger partial charge in [-0.3, -0.25) is 0 Å². The Morgan fingerprint density at radius 2 is 1.79 bits per heavy atom. The molecule has 10 nitrogen and oxygen atoms in total. The number of nitro groups is 1. The topological polar surface area (TPSA) is 135 Å². The summed E-state index contributed by atoms with van der Waals surface area (Å²) < 4.78 is 27.4. The van der Waals surface area contributed by atoms with Gasteiger partial charge in [0.25, 0.3) is 0 Å². The quantitative estimate of drug-likeness (QED) is 0.267. The van der Waals surface area contributed by atoms with Crippen molar-refractivity contribution in [2.24, 2.45) is 0 Å². The summed E-state index contributed by atoms with van der Waals surface area (Å²) in [6.45, 7) is 1.02. The number of sulfonamides is 1. The molecule has 0 radical (unpaired) electrons. The third-order valence-corrected chi connectivity index (χ3v) is 8.30. The van der Waals surface area contributed by atoms with E-state index in [2.05, 4.69) is 15.3 Å². The maximum atomic E-state index is 12.8. The van der Waals surface area contributed by atoms with Crippen LogP contribution >= 0.6 is 0 Å². The molecule has 1 aliphatic heterocycles. The summed E-state index contributed by atoms with van der Waals surface area (Å²) in [7, 11) is -3.52. The fourth-order valence-corrected chi connectivity index (χ4v) is 5.76. The molecule has 1 fully saturated rings. The number of nitrogens with one attached hydrogen (secondary N) is 1. The Morgan fingerprint density at radius 1 is 1.12 bits per heavy atom. The van der Waals surface area contributed by atoms with Crippen LogP contribution in [0, 0.1) is 10.1 Å². The molecule has 1 N–H and O–H groups in total. The molecule has 0 bridgehead atoms. The molecular formula is C22H22AsN5O5S. The van der Waals surface area contributed by atoms with Crippen LogP contribution in [0.1, 0.15) is 28.9 Å². The molecule has 0 aliphatic carbocycles. The van der Waals surface area contributed by atoms with E-state index in [1.165, 1.54) is 28.7 Å². The fourth-order valence-electron chi connectivity index (χ4n) is 3.68. The average Bonchev–Trinajstić information content (AvgIpc) is 3.39. The van der Waals surface area contributed by atoms with Gasteiger partial charge in [-0.15, -0.1) is 0 Å². The summed E-state index contributed by atoms with van der Waals surface area (Å²) >= 11 is 1.12. The number of nitrogens with zero attached hydrogens (tertiary/aromatic N) is 4. The molecule has 1 amide bonds. The van der Waals surface area contributed by atoms with Gasteiger partial charge in [-0.2, -0.15) is 0 Å². The zero-order valence-corrected chi connectivity index (χ0v) is 21.3. The molecule has 12 heteroatoms. The maximum absolute atomic E-state index is 12.8. The summed E-state index contributed by atoms with van der Waals surface area (Å²) in [6.07, 6.45) is 3.25. The van der Waals surface area contributed by atoms with Crippen LogP contribution < -0.4 is 9.80 Å². The summed E-state index contributed by atoms with van der Waals surface area (Å²) in [4.78, 5) is 32.4. The predicted molar refractivity (Wildman–Crippen MR) is 128 cm³/mol. The van der Waals surface area contributed by atoms with Gasteiger partial charge >= 0.3 is 205 Å². The van der Waals surface area contributed by atoms with E-state index in [0.29, 0.717) is 34.4 Å². The number of aromatic nitrogens is 2. The van der Waals surface area contributed by atoms with Crippen molar-refractivity contribution in [1.82, 2.24) is 19.6 Å². The Kier molecular flexibility index (Phi) is 7.06. The number of rotatable bonds is 7. The van der Waals surface area contributed by atoms with Gasteiger partial charge in [-0.25, -0.2) is 0 Å². The van der Waals surface area contributed by atoms with Crippen LogP contribution in [0.15, 0.2) is 59.6 Å². The molecule has 1 atom stereocenters.